The Morgan fingerprint density at radius 2 is 1.86 bits per heavy atom. The van der Waals surface area contributed by atoms with Crippen LogP contribution in [-0.4, -0.2) is 23.2 Å². The molecule has 0 aliphatic carbocycles. The maximum atomic E-state index is 12.2. The molecule has 0 spiro atoms. The molecule has 0 bridgehead atoms. The summed E-state index contributed by atoms with van der Waals surface area (Å²) in [6.45, 7) is 6.41. The van der Waals surface area contributed by atoms with Crippen molar-refractivity contribution < 1.29 is 14.0 Å². The molecule has 1 amide bonds. The first-order valence-electron chi connectivity index (χ1n) is 9.31. The van der Waals surface area contributed by atoms with Crippen molar-refractivity contribution in [3.8, 4) is 11.5 Å². The Labute approximate surface area is 168 Å². The zero-order valence-corrected chi connectivity index (χ0v) is 17.2. The minimum Gasteiger partial charge on any atom is -0.444 e. The number of Topliss-reactive ketones (excluding diaryl/α,β-unsaturated/α-hetero) is 1. The zero-order chi connectivity index (χ0) is 20.1. The van der Waals surface area contributed by atoms with E-state index >= 15 is 0 Å². The summed E-state index contributed by atoms with van der Waals surface area (Å²) in [4.78, 5) is 30.8. The SMILES string of the molecule is Cc1ccc(-c2nc(CCNC(=O)CCC(=O)c3cc(C)sc3C)co2)cc1. The Morgan fingerprint density at radius 3 is 2.54 bits per heavy atom. The van der Waals surface area contributed by atoms with Crippen LogP contribution in [0.1, 0.15) is 44.2 Å². The van der Waals surface area contributed by atoms with E-state index in [0.29, 0.717) is 18.9 Å². The summed E-state index contributed by atoms with van der Waals surface area (Å²) in [6, 6.07) is 9.87. The molecule has 0 atom stereocenters. The number of hydrogen-bond donors (Lipinski definition) is 1. The van der Waals surface area contributed by atoms with Crippen molar-refractivity contribution in [2.45, 2.75) is 40.0 Å². The van der Waals surface area contributed by atoms with Crippen LogP contribution in [0.3, 0.4) is 0 Å². The molecule has 0 saturated heterocycles. The Morgan fingerprint density at radius 1 is 1.11 bits per heavy atom. The Hall–Kier alpha value is -2.73. The third-order valence-corrected chi connectivity index (χ3v) is 5.44. The highest BCUT2D eigenvalue weighted by atomic mass is 32.1. The van der Waals surface area contributed by atoms with Gasteiger partial charge in [0.05, 0.1) is 5.69 Å². The maximum Gasteiger partial charge on any atom is 0.226 e. The second-order valence-electron chi connectivity index (χ2n) is 6.86. The van der Waals surface area contributed by atoms with Gasteiger partial charge in [-0.2, -0.15) is 0 Å². The average molecular weight is 397 g/mol. The lowest BCUT2D eigenvalue weighted by Gasteiger charge is -2.03. The van der Waals surface area contributed by atoms with Crippen molar-refractivity contribution in [2.24, 2.45) is 0 Å². The van der Waals surface area contributed by atoms with E-state index in [-0.39, 0.29) is 24.5 Å². The molecule has 0 aliphatic heterocycles. The fourth-order valence-electron chi connectivity index (χ4n) is 2.94. The largest absolute Gasteiger partial charge is 0.444 e. The molecule has 6 heteroatoms. The number of carbonyl (C=O) groups is 2. The molecule has 0 unspecified atom stereocenters. The van der Waals surface area contributed by atoms with Crippen LogP contribution in [0.15, 0.2) is 41.0 Å². The van der Waals surface area contributed by atoms with Gasteiger partial charge in [-0.05, 0) is 39.0 Å². The smallest absolute Gasteiger partial charge is 0.226 e. The van der Waals surface area contributed by atoms with Gasteiger partial charge in [-0.1, -0.05) is 17.7 Å². The average Bonchev–Trinajstić information content (AvgIpc) is 3.26. The molecule has 3 aromatic rings. The van der Waals surface area contributed by atoms with Gasteiger partial charge in [0.2, 0.25) is 11.8 Å². The molecule has 1 aromatic carbocycles. The third kappa shape index (κ3) is 5.16. The first-order valence-corrected chi connectivity index (χ1v) is 10.1. The summed E-state index contributed by atoms with van der Waals surface area (Å²) in [6.07, 6.45) is 2.62. The van der Waals surface area contributed by atoms with Crippen molar-refractivity contribution in [3.05, 3.63) is 63.2 Å². The van der Waals surface area contributed by atoms with Gasteiger partial charge in [0.25, 0.3) is 0 Å². The van der Waals surface area contributed by atoms with Crippen molar-refractivity contribution >= 4 is 23.0 Å². The van der Waals surface area contributed by atoms with Crippen molar-refractivity contribution in [2.75, 3.05) is 6.54 Å². The second-order valence-corrected chi connectivity index (χ2v) is 8.32. The normalized spacial score (nSPS) is 10.8. The van der Waals surface area contributed by atoms with E-state index in [1.54, 1.807) is 17.6 Å². The van der Waals surface area contributed by atoms with E-state index in [9.17, 15) is 9.59 Å². The molecule has 0 aliphatic rings. The Kier molecular flexibility index (Phi) is 6.41. The summed E-state index contributed by atoms with van der Waals surface area (Å²) in [7, 11) is 0. The quantitative estimate of drug-likeness (QED) is 0.563. The molecule has 0 radical (unpaired) electrons. The first kappa shape index (κ1) is 20.0. The molecule has 2 heterocycles. The van der Waals surface area contributed by atoms with E-state index < -0.39 is 0 Å². The van der Waals surface area contributed by atoms with Gasteiger partial charge >= 0.3 is 0 Å². The van der Waals surface area contributed by atoms with Crippen LogP contribution in [0, 0.1) is 20.8 Å². The Balaban J connectivity index is 1.42. The molecule has 28 heavy (non-hydrogen) atoms. The van der Waals surface area contributed by atoms with Crippen LogP contribution in [-0.2, 0) is 11.2 Å². The lowest BCUT2D eigenvalue weighted by atomic mass is 10.1. The minimum atomic E-state index is -0.125. The molecule has 1 N–H and O–H groups in total. The summed E-state index contributed by atoms with van der Waals surface area (Å²) in [5, 5.41) is 2.84. The van der Waals surface area contributed by atoms with Gasteiger partial charge in [0.15, 0.2) is 5.78 Å². The molecular weight excluding hydrogens is 372 g/mol. The maximum absolute atomic E-state index is 12.2. The number of oxazole rings is 1. The zero-order valence-electron chi connectivity index (χ0n) is 16.4. The second kappa shape index (κ2) is 8.97. The van der Waals surface area contributed by atoms with Crippen molar-refractivity contribution in [1.29, 1.82) is 0 Å². The van der Waals surface area contributed by atoms with Gasteiger partial charge in [0, 0.05) is 46.7 Å². The fourth-order valence-corrected chi connectivity index (χ4v) is 3.88. The summed E-state index contributed by atoms with van der Waals surface area (Å²) < 4.78 is 5.52. The van der Waals surface area contributed by atoms with Gasteiger partial charge in [-0.3, -0.25) is 9.59 Å². The highest BCUT2D eigenvalue weighted by Crippen LogP contribution is 2.22. The van der Waals surface area contributed by atoms with E-state index in [2.05, 4.69) is 10.3 Å². The van der Waals surface area contributed by atoms with Gasteiger partial charge in [0.1, 0.15) is 6.26 Å². The number of amides is 1. The topological polar surface area (TPSA) is 72.2 Å². The molecule has 3 rings (SSSR count). The Bertz CT molecular complexity index is 970. The number of nitrogens with one attached hydrogen (secondary N) is 1. The van der Waals surface area contributed by atoms with Gasteiger partial charge in [-0.15, -0.1) is 11.3 Å². The highest BCUT2D eigenvalue weighted by molar-refractivity contribution is 7.12. The van der Waals surface area contributed by atoms with Crippen LogP contribution in [0.2, 0.25) is 0 Å². The number of benzene rings is 1. The predicted octanol–water partition coefficient (Wildman–Crippen LogP) is 4.65. The lowest BCUT2D eigenvalue weighted by molar-refractivity contribution is -0.121. The van der Waals surface area contributed by atoms with Crippen LogP contribution in [0.4, 0.5) is 0 Å². The number of ketones is 1. The number of aromatic nitrogens is 1. The number of rotatable bonds is 8. The van der Waals surface area contributed by atoms with Crippen LogP contribution in [0.25, 0.3) is 11.5 Å². The molecular formula is C22H24N2O3S. The van der Waals surface area contributed by atoms with Crippen molar-refractivity contribution in [1.82, 2.24) is 10.3 Å². The highest BCUT2D eigenvalue weighted by Gasteiger charge is 2.14. The first-order chi connectivity index (χ1) is 13.4. The summed E-state index contributed by atoms with van der Waals surface area (Å²) in [5.74, 6) is 0.477. The van der Waals surface area contributed by atoms with Crippen LogP contribution < -0.4 is 5.32 Å². The van der Waals surface area contributed by atoms with Gasteiger partial charge < -0.3 is 9.73 Å². The number of hydrogen-bond acceptors (Lipinski definition) is 5. The van der Waals surface area contributed by atoms with Crippen LogP contribution in [0.5, 0.6) is 0 Å². The predicted molar refractivity (Wildman–Crippen MR) is 111 cm³/mol. The van der Waals surface area contributed by atoms with Crippen LogP contribution >= 0.6 is 11.3 Å². The fraction of sp³-hybridized carbons (Fsp3) is 0.318. The summed E-state index contributed by atoms with van der Waals surface area (Å²) in [5.41, 5.74) is 3.64. The van der Waals surface area contributed by atoms with Crippen molar-refractivity contribution in [3.63, 3.8) is 0 Å². The van der Waals surface area contributed by atoms with E-state index in [4.69, 9.17) is 4.42 Å². The molecule has 0 fully saturated rings. The molecule has 0 saturated carbocycles. The van der Waals surface area contributed by atoms with Gasteiger partial charge in [-0.25, -0.2) is 4.98 Å². The molecule has 5 nitrogen and oxygen atoms in total. The minimum absolute atomic E-state index is 0.0243. The monoisotopic (exact) mass is 396 g/mol. The number of aryl methyl sites for hydroxylation is 3. The molecule has 146 valence electrons. The number of nitrogens with zero attached hydrogens (tertiary/aromatic N) is 1. The lowest BCUT2D eigenvalue weighted by Crippen LogP contribution is -2.26. The third-order valence-electron chi connectivity index (χ3n) is 4.47. The molecule has 2 aromatic heterocycles. The standard InChI is InChI=1S/C22H24N2O3S/c1-14-4-6-17(7-5-14)22-24-18(13-27-22)10-11-23-21(26)9-8-20(25)19-12-15(2)28-16(19)3/h4-7,12-13H,8-11H2,1-3H3,(H,23,26). The summed E-state index contributed by atoms with van der Waals surface area (Å²) >= 11 is 1.61. The van der Waals surface area contributed by atoms with E-state index in [1.807, 2.05) is 51.1 Å². The number of carbonyl (C=O) groups excluding carboxylic acids is 2. The van der Waals surface area contributed by atoms with E-state index in [1.165, 1.54) is 5.56 Å². The van der Waals surface area contributed by atoms with E-state index in [0.717, 1.165) is 26.6 Å². The number of thiophene rings is 1.